The highest BCUT2D eigenvalue weighted by atomic mass is 16.5. The van der Waals surface area contributed by atoms with Crippen LogP contribution in [-0.4, -0.2) is 57.1 Å². The predicted octanol–water partition coefficient (Wildman–Crippen LogP) is 2.00. The van der Waals surface area contributed by atoms with Crippen molar-refractivity contribution in [2.24, 2.45) is 34.5 Å². The number of esters is 1. The van der Waals surface area contributed by atoms with Crippen molar-refractivity contribution in [3.63, 3.8) is 0 Å². The molecule has 34 heavy (non-hydrogen) atoms. The summed E-state index contributed by atoms with van der Waals surface area (Å²) in [6, 6.07) is 0. The van der Waals surface area contributed by atoms with Crippen LogP contribution in [0.3, 0.4) is 0 Å². The maximum atomic E-state index is 13.1. The van der Waals surface area contributed by atoms with Gasteiger partial charge in [-0.1, -0.05) is 32.4 Å². The molecule has 0 aromatic carbocycles. The number of rotatable bonds is 5. The molecule has 0 unspecified atom stereocenters. The number of carbonyl (C=O) groups excluding carboxylic acids is 3. The highest BCUT2D eigenvalue weighted by Gasteiger charge is 2.68. The third-order valence-electron chi connectivity index (χ3n) is 9.14. The summed E-state index contributed by atoms with van der Waals surface area (Å²) in [7, 11) is 0. The third-order valence-corrected chi connectivity index (χ3v) is 9.14. The number of ketones is 2. The van der Waals surface area contributed by atoms with Crippen molar-refractivity contribution in [1.82, 2.24) is 0 Å². The summed E-state index contributed by atoms with van der Waals surface area (Å²) in [5.74, 6) is -2.95. The van der Waals surface area contributed by atoms with Crippen LogP contribution in [0.5, 0.6) is 0 Å². The van der Waals surface area contributed by atoms with Crippen LogP contribution in [0.15, 0.2) is 36.0 Å². The Balaban J connectivity index is 1.59. The van der Waals surface area contributed by atoms with Crippen molar-refractivity contribution in [3.8, 4) is 0 Å². The fourth-order valence-corrected chi connectivity index (χ4v) is 7.66. The molecule has 0 saturated heterocycles. The lowest BCUT2D eigenvalue weighted by Crippen LogP contribution is -2.62. The second kappa shape index (κ2) is 8.27. The van der Waals surface area contributed by atoms with Crippen LogP contribution >= 0.6 is 0 Å². The summed E-state index contributed by atoms with van der Waals surface area (Å²) in [5.41, 5.74) is -2.10. The molecule has 8 heteroatoms. The summed E-state index contributed by atoms with van der Waals surface area (Å²) in [6.07, 6.45) is 7.50. The van der Waals surface area contributed by atoms with Gasteiger partial charge in [0.15, 0.2) is 12.4 Å². The van der Waals surface area contributed by atoms with Crippen LogP contribution in [0, 0.1) is 34.5 Å². The van der Waals surface area contributed by atoms with E-state index in [0.717, 1.165) is 12.0 Å². The number of hydrogen-bond acceptors (Lipinski definition) is 7. The maximum Gasteiger partial charge on any atom is 0.331 e. The summed E-state index contributed by atoms with van der Waals surface area (Å²) in [6.45, 7) is 5.32. The van der Waals surface area contributed by atoms with Gasteiger partial charge in [-0.25, -0.2) is 9.59 Å². The lowest BCUT2D eigenvalue weighted by molar-refractivity contribution is -0.182. The molecular formula is C26H32O8. The molecular weight excluding hydrogens is 440 g/mol. The second-order valence-electron chi connectivity index (χ2n) is 10.8. The Morgan fingerprint density at radius 1 is 1.24 bits per heavy atom. The molecule has 3 N–H and O–H groups in total. The molecule has 0 amide bonds. The van der Waals surface area contributed by atoms with Gasteiger partial charge in [0, 0.05) is 28.9 Å². The molecule has 0 heterocycles. The van der Waals surface area contributed by atoms with Crippen molar-refractivity contribution in [2.45, 2.75) is 58.2 Å². The fourth-order valence-electron chi connectivity index (χ4n) is 7.66. The molecule has 8 nitrogen and oxygen atoms in total. The first kappa shape index (κ1) is 24.5. The fraction of sp³-hybridized carbons (Fsp3) is 0.615. The van der Waals surface area contributed by atoms with Gasteiger partial charge >= 0.3 is 11.9 Å². The van der Waals surface area contributed by atoms with E-state index in [2.05, 4.69) is 13.8 Å². The number of carboxylic acids is 1. The SMILES string of the molecule is C[C@H]1C[C@@H]2[C@H]([C@@H](O)C[C@@]3(C)[C@H]2CC[C@]3(O)C(=O)COC(=O)/C=C/C(=O)O)[C@@]2(C)C=CC(=O)C=C12. The molecule has 4 aliphatic carbocycles. The molecule has 3 fully saturated rings. The van der Waals surface area contributed by atoms with E-state index in [4.69, 9.17) is 9.84 Å². The molecule has 0 aromatic heterocycles. The molecule has 0 aromatic rings. The zero-order chi connectivity index (χ0) is 25.1. The zero-order valence-electron chi connectivity index (χ0n) is 19.7. The molecule has 8 atom stereocenters. The average Bonchev–Trinajstić information content (AvgIpc) is 3.03. The molecule has 184 valence electrons. The van der Waals surface area contributed by atoms with Crippen LogP contribution in [0.1, 0.15) is 46.5 Å². The molecule has 4 rings (SSSR count). The Kier molecular flexibility index (Phi) is 5.97. The van der Waals surface area contributed by atoms with E-state index in [1.165, 1.54) is 0 Å². The smallest absolute Gasteiger partial charge is 0.331 e. The van der Waals surface area contributed by atoms with Crippen molar-refractivity contribution in [3.05, 3.63) is 36.0 Å². The van der Waals surface area contributed by atoms with Gasteiger partial charge in [0.1, 0.15) is 5.60 Å². The standard InChI is InChI=1S/C26H32O8/c1-14-10-16-17-7-9-26(33,20(29)13-34-22(32)5-4-21(30)31)25(17,3)12-19(28)23(16)24(2)8-6-15(27)11-18(14)24/h4-6,8,11,14,16-17,19,23,28,33H,7,9-10,12-13H2,1-3H3,(H,30,31)/b5-4+/t14-,16-,17-,19-,23+,24-,25-,26-/m0/s1. The number of fused-ring (bicyclic) bond motifs is 5. The zero-order valence-corrected chi connectivity index (χ0v) is 19.7. The molecule has 3 saturated carbocycles. The minimum atomic E-state index is -1.76. The third kappa shape index (κ3) is 3.58. The molecule has 4 aliphatic rings. The van der Waals surface area contributed by atoms with E-state index in [0.29, 0.717) is 18.6 Å². The highest BCUT2D eigenvalue weighted by molar-refractivity contribution is 6.01. The lowest BCUT2D eigenvalue weighted by atomic mass is 9.45. The van der Waals surface area contributed by atoms with Crippen molar-refractivity contribution in [2.75, 3.05) is 6.61 Å². The summed E-state index contributed by atoms with van der Waals surface area (Å²) in [4.78, 5) is 47.4. The van der Waals surface area contributed by atoms with Crippen LogP contribution in [-0.2, 0) is 23.9 Å². The monoisotopic (exact) mass is 472 g/mol. The van der Waals surface area contributed by atoms with Crippen molar-refractivity contribution < 1.29 is 39.2 Å². The Morgan fingerprint density at radius 2 is 1.94 bits per heavy atom. The summed E-state index contributed by atoms with van der Waals surface area (Å²) in [5, 5.41) is 31.6. The molecule has 0 aliphatic heterocycles. The van der Waals surface area contributed by atoms with Gasteiger partial charge in [0.25, 0.3) is 0 Å². The first-order valence-electron chi connectivity index (χ1n) is 11.8. The molecule has 0 spiro atoms. The summed E-state index contributed by atoms with van der Waals surface area (Å²) < 4.78 is 4.89. The van der Waals surface area contributed by atoms with E-state index in [1.54, 1.807) is 12.2 Å². The maximum absolute atomic E-state index is 13.1. The predicted molar refractivity (Wildman–Crippen MR) is 120 cm³/mol. The average molecular weight is 473 g/mol. The van der Waals surface area contributed by atoms with Crippen LogP contribution in [0.25, 0.3) is 0 Å². The number of allylic oxidation sites excluding steroid dienone is 4. The Labute approximate surface area is 198 Å². The quantitative estimate of drug-likeness (QED) is 0.408. The number of aliphatic hydroxyl groups is 2. The first-order valence-corrected chi connectivity index (χ1v) is 11.8. The van der Waals surface area contributed by atoms with Crippen LogP contribution in [0.4, 0.5) is 0 Å². The Hall–Kier alpha value is -2.58. The van der Waals surface area contributed by atoms with Gasteiger partial charge in [0.2, 0.25) is 5.78 Å². The van der Waals surface area contributed by atoms with E-state index < -0.39 is 46.9 Å². The number of Topliss-reactive ketones (excluding diaryl/α,β-unsaturated/α-hetero) is 1. The highest BCUT2D eigenvalue weighted by Crippen LogP contribution is 2.67. The number of ether oxygens (including phenoxy) is 1. The van der Waals surface area contributed by atoms with E-state index in [9.17, 15) is 29.4 Å². The number of hydrogen-bond donors (Lipinski definition) is 3. The topological polar surface area (TPSA) is 138 Å². The Morgan fingerprint density at radius 3 is 2.62 bits per heavy atom. The minimum absolute atomic E-state index is 0.0238. The van der Waals surface area contributed by atoms with E-state index in [-0.39, 0.29) is 42.3 Å². The molecule has 0 radical (unpaired) electrons. The van der Waals surface area contributed by atoms with Gasteiger partial charge in [-0.3, -0.25) is 9.59 Å². The van der Waals surface area contributed by atoms with E-state index >= 15 is 0 Å². The number of carbonyl (C=O) groups is 4. The van der Waals surface area contributed by atoms with E-state index in [1.807, 2.05) is 13.0 Å². The first-order chi connectivity index (χ1) is 15.8. The number of aliphatic hydroxyl groups excluding tert-OH is 1. The van der Waals surface area contributed by atoms with Gasteiger partial charge in [-0.2, -0.15) is 0 Å². The van der Waals surface area contributed by atoms with Crippen molar-refractivity contribution in [1.29, 1.82) is 0 Å². The summed E-state index contributed by atoms with van der Waals surface area (Å²) >= 11 is 0. The minimum Gasteiger partial charge on any atom is -0.478 e. The Bertz CT molecular complexity index is 1020. The van der Waals surface area contributed by atoms with Gasteiger partial charge in [0.05, 0.1) is 6.10 Å². The van der Waals surface area contributed by atoms with Gasteiger partial charge < -0.3 is 20.1 Å². The number of aliphatic carboxylic acids is 1. The largest absolute Gasteiger partial charge is 0.478 e. The van der Waals surface area contributed by atoms with Gasteiger partial charge in [-0.05, 0) is 55.6 Å². The molecule has 0 bridgehead atoms. The van der Waals surface area contributed by atoms with Crippen LogP contribution < -0.4 is 0 Å². The van der Waals surface area contributed by atoms with Crippen molar-refractivity contribution >= 4 is 23.5 Å². The normalized spacial score (nSPS) is 43.0. The number of carboxylic acid groups (broad SMARTS) is 1. The second-order valence-corrected chi connectivity index (χ2v) is 10.8. The van der Waals surface area contributed by atoms with Gasteiger partial charge in [-0.15, -0.1) is 0 Å². The van der Waals surface area contributed by atoms with Crippen LogP contribution in [0.2, 0.25) is 0 Å². The lowest BCUT2D eigenvalue weighted by Gasteiger charge is -2.60.